The van der Waals surface area contributed by atoms with Crippen LogP contribution in [0.25, 0.3) is 0 Å². The van der Waals surface area contributed by atoms with Gasteiger partial charge in [0.15, 0.2) is 0 Å². The Morgan fingerprint density at radius 2 is 2.00 bits per heavy atom. The maximum Gasteiger partial charge on any atom is 0.0278 e. The third-order valence-electron chi connectivity index (χ3n) is 4.91. The van der Waals surface area contributed by atoms with Crippen molar-refractivity contribution in [1.82, 2.24) is 10.2 Å². The van der Waals surface area contributed by atoms with E-state index >= 15 is 0 Å². The second-order valence-electron chi connectivity index (χ2n) is 6.41. The van der Waals surface area contributed by atoms with E-state index in [1.807, 2.05) is 0 Å². The Bertz CT molecular complexity index is 223. The summed E-state index contributed by atoms with van der Waals surface area (Å²) in [5.41, 5.74) is 0.366. The van der Waals surface area contributed by atoms with Gasteiger partial charge in [0.25, 0.3) is 0 Å². The SMILES string of the molecule is CCC1(C)CN(CCC2CCCCC2)CCN1. The lowest BCUT2D eigenvalue weighted by atomic mass is 9.86. The first-order valence-electron chi connectivity index (χ1n) is 7.69. The van der Waals surface area contributed by atoms with Crippen molar-refractivity contribution in [1.29, 1.82) is 0 Å². The van der Waals surface area contributed by atoms with Crippen molar-refractivity contribution in [3.05, 3.63) is 0 Å². The van der Waals surface area contributed by atoms with E-state index in [1.165, 1.54) is 71.1 Å². The van der Waals surface area contributed by atoms with Gasteiger partial charge in [0, 0.05) is 25.2 Å². The first-order valence-corrected chi connectivity index (χ1v) is 7.69. The molecule has 2 nitrogen and oxygen atoms in total. The van der Waals surface area contributed by atoms with Gasteiger partial charge in [-0.15, -0.1) is 0 Å². The number of rotatable bonds is 4. The van der Waals surface area contributed by atoms with E-state index in [0.29, 0.717) is 5.54 Å². The zero-order chi connectivity index (χ0) is 12.1. The molecule has 2 aliphatic rings. The Balaban J connectivity index is 1.71. The second kappa shape index (κ2) is 6.19. The molecule has 1 N–H and O–H groups in total. The molecule has 1 aliphatic carbocycles. The van der Waals surface area contributed by atoms with E-state index in [-0.39, 0.29) is 0 Å². The van der Waals surface area contributed by atoms with Gasteiger partial charge in [-0.05, 0) is 32.2 Å². The van der Waals surface area contributed by atoms with Gasteiger partial charge in [-0.25, -0.2) is 0 Å². The van der Waals surface area contributed by atoms with Crippen LogP contribution in [-0.4, -0.2) is 36.6 Å². The van der Waals surface area contributed by atoms with Crippen LogP contribution in [-0.2, 0) is 0 Å². The molecule has 0 bridgehead atoms. The van der Waals surface area contributed by atoms with E-state index in [0.717, 1.165) is 5.92 Å². The third-order valence-corrected chi connectivity index (χ3v) is 4.91. The monoisotopic (exact) mass is 238 g/mol. The third kappa shape index (κ3) is 3.96. The van der Waals surface area contributed by atoms with Gasteiger partial charge in [-0.1, -0.05) is 39.0 Å². The summed E-state index contributed by atoms with van der Waals surface area (Å²) < 4.78 is 0. The molecule has 0 aromatic heterocycles. The summed E-state index contributed by atoms with van der Waals surface area (Å²) in [4.78, 5) is 2.69. The lowest BCUT2D eigenvalue weighted by molar-refractivity contribution is 0.129. The van der Waals surface area contributed by atoms with E-state index < -0.39 is 0 Å². The Morgan fingerprint density at radius 1 is 1.24 bits per heavy atom. The minimum Gasteiger partial charge on any atom is -0.309 e. The Morgan fingerprint density at radius 3 is 2.71 bits per heavy atom. The van der Waals surface area contributed by atoms with Crippen molar-refractivity contribution in [2.45, 2.75) is 64.3 Å². The maximum absolute atomic E-state index is 3.67. The van der Waals surface area contributed by atoms with Crippen molar-refractivity contribution in [2.24, 2.45) is 5.92 Å². The van der Waals surface area contributed by atoms with Crippen molar-refractivity contribution in [2.75, 3.05) is 26.2 Å². The minimum absolute atomic E-state index is 0.366. The topological polar surface area (TPSA) is 15.3 Å². The van der Waals surface area contributed by atoms with Gasteiger partial charge in [0.05, 0.1) is 0 Å². The zero-order valence-corrected chi connectivity index (χ0v) is 11.8. The van der Waals surface area contributed by atoms with Crippen LogP contribution in [0, 0.1) is 5.92 Å². The molecule has 1 heterocycles. The lowest BCUT2D eigenvalue weighted by Gasteiger charge is -2.41. The van der Waals surface area contributed by atoms with Gasteiger partial charge in [-0.3, -0.25) is 0 Å². The van der Waals surface area contributed by atoms with E-state index in [2.05, 4.69) is 24.1 Å². The molecule has 1 saturated heterocycles. The number of piperazine rings is 1. The van der Waals surface area contributed by atoms with Crippen LogP contribution in [0.15, 0.2) is 0 Å². The van der Waals surface area contributed by atoms with E-state index in [4.69, 9.17) is 0 Å². The first kappa shape index (κ1) is 13.4. The van der Waals surface area contributed by atoms with Gasteiger partial charge in [-0.2, -0.15) is 0 Å². The van der Waals surface area contributed by atoms with Crippen LogP contribution in [0.3, 0.4) is 0 Å². The fourth-order valence-corrected chi connectivity index (χ4v) is 3.41. The predicted octanol–water partition coefficient (Wildman–Crippen LogP) is 3.03. The summed E-state index contributed by atoms with van der Waals surface area (Å²) in [7, 11) is 0. The van der Waals surface area contributed by atoms with Crippen LogP contribution in [0.5, 0.6) is 0 Å². The normalized spacial score (nSPS) is 32.8. The zero-order valence-electron chi connectivity index (χ0n) is 11.8. The van der Waals surface area contributed by atoms with Crippen LogP contribution < -0.4 is 5.32 Å². The fourth-order valence-electron chi connectivity index (χ4n) is 3.41. The molecule has 1 saturated carbocycles. The second-order valence-corrected chi connectivity index (χ2v) is 6.41. The minimum atomic E-state index is 0.366. The van der Waals surface area contributed by atoms with Gasteiger partial charge in [0.1, 0.15) is 0 Å². The molecule has 1 atom stereocenters. The lowest BCUT2D eigenvalue weighted by Crippen LogP contribution is -2.58. The summed E-state index contributed by atoms with van der Waals surface area (Å²) in [6.45, 7) is 9.69. The standard InChI is InChI=1S/C15H30N2/c1-3-15(2)13-17(12-10-16-15)11-9-14-7-5-4-6-8-14/h14,16H,3-13H2,1-2H3. The highest BCUT2D eigenvalue weighted by atomic mass is 15.2. The van der Waals surface area contributed by atoms with Crippen molar-refractivity contribution in [3.63, 3.8) is 0 Å². The van der Waals surface area contributed by atoms with Crippen LogP contribution in [0.4, 0.5) is 0 Å². The highest BCUT2D eigenvalue weighted by Gasteiger charge is 2.28. The summed E-state index contributed by atoms with van der Waals surface area (Å²) in [6.07, 6.45) is 10.1. The van der Waals surface area contributed by atoms with E-state index in [9.17, 15) is 0 Å². The number of hydrogen-bond acceptors (Lipinski definition) is 2. The number of hydrogen-bond donors (Lipinski definition) is 1. The maximum atomic E-state index is 3.67. The highest BCUT2D eigenvalue weighted by molar-refractivity contribution is 4.89. The largest absolute Gasteiger partial charge is 0.309 e. The first-order chi connectivity index (χ1) is 8.22. The van der Waals surface area contributed by atoms with E-state index in [1.54, 1.807) is 0 Å². The molecule has 0 aromatic carbocycles. The van der Waals surface area contributed by atoms with Crippen molar-refractivity contribution >= 4 is 0 Å². The summed E-state index contributed by atoms with van der Waals surface area (Å²) in [5, 5.41) is 3.67. The molecule has 2 fully saturated rings. The Labute approximate surface area is 107 Å². The molecule has 17 heavy (non-hydrogen) atoms. The molecular weight excluding hydrogens is 208 g/mol. The smallest absolute Gasteiger partial charge is 0.0278 e. The van der Waals surface area contributed by atoms with Crippen LogP contribution in [0.1, 0.15) is 58.8 Å². The summed E-state index contributed by atoms with van der Waals surface area (Å²) in [5.74, 6) is 1.03. The average molecular weight is 238 g/mol. The number of nitrogens with one attached hydrogen (secondary N) is 1. The molecule has 0 spiro atoms. The van der Waals surface area contributed by atoms with Gasteiger partial charge >= 0.3 is 0 Å². The molecular formula is C15H30N2. The van der Waals surface area contributed by atoms with Crippen molar-refractivity contribution in [3.8, 4) is 0 Å². The molecule has 2 rings (SSSR count). The Kier molecular flexibility index (Phi) is 4.87. The van der Waals surface area contributed by atoms with Crippen LogP contribution in [0.2, 0.25) is 0 Å². The highest BCUT2D eigenvalue weighted by Crippen LogP contribution is 2.27. The summed E-state index contributed by atoms with van der Waals surface area (Å²) >= 11 is 0. The molecule has 2 heteroatoms. The molecule has 1 unspecified atom stereocenters. The quantitative estimate of drug-likeness (QED) is 0.810. The average Bonchev–Trinajstić information content (AvgIpc) is 2.38. The molecule has 0 amide bonds. The molecule has 0 aromatic rings. The fraction of sp³-hybridized carbons (Fsp3) is 1.00. The molecule has 100 valence electrons. The van der Waals surface area contributed by atoms with Crippen LogP contribution >= 0.6 is 0 Å². The van der Waals surface area contributed by atoms with Crippen molar-refractivity contribution < 1.29 is 0 Å². The molecule has 0 radical (unpaired) electrons. The summed E-state index contributed by atoms with van der Waals surface area (Å²) in [6, 6.07) is 0. The number of nitrogens with zero attached hydrogens (tertiary/aromatic N) is 1. The van der Waals surface area contributed by atoms with Gasteiger partial charge < -0.3 is 10.2 Å². The van der Waals surface area contributed by atoms with Gasteiger partial charge in [0.2, 0.25) is 0 Å². The predicted molar refractivity (Wildman–Crippen MR) is 74.3 cm³/mol. The molecule has 1 aliphatic heterocycles. The Hall–Kier alpha value is -0.0800.